The number of carbonyl (C=O) groups is 5. The zero-order valence-electron chi connectivity index (χ0n) is 20.1. The Morgan fingerprint density at radius 1 is 0.917 bits per heavy atom. The molecule has 0 spiro atoms. The van der Waals surface area contributed by atoms with Crippen LogP contribution in [0.3, 0.4) is 0 Å². The molecule has 0 heterocycles. The lowest BCUT2D eigenvalue weighted by molar-refractivity contribution is -0.143. The highest BCUT2D eigenvalue weighted by Gasteiger charge is 2.30. The highest BCUT2D eigenvalue weighted by molar-refractivity contribution is 7.80. The smallest absolute Gasteiger partial charge is 0.326 e. The monoisotopic (exact) mass is 526 g/mol. The number of phenolic OH excluding ortho intramolecular Hbond substituents is 1. The molecule has 200 valence electrons. The van der Waals surface area contributed by atoms with Gasteiger partial charge in [-0.15, -0.1) is 0 Å². The molecule has 0 aliphatic heterocycles. The Balaban J connectivity index is 3.02. The van der Waals surface area contributed by atoms with E-state index in [9.17, 15) is 34.2 Å². The summed E-state index contributed by atoms with van der Waals surface area (Å²) in [5.74, 6) is -5.16. The number of carbonyl (C=O) groups excluding carboxylic acids is 3. The Bertz CT molecular complexity index is 927. The van der Waals surface area contributed by atoms with Gasteiger partial charge in [-0.05, 0) is 30.0 Å². The number of hydrogen-bond acceptors (Lipinski definition) is 8. The maximum Gasteiger partial charge on any atom is 0.326 e. The van der Waals surface area contributed by atoms with Crippen LogP contribution in [-0.2, 0) is 30.4 Å². The number of nitrogens with two attached hydrogens (primary N) is 1. The average Bonchev–Trinajstić information content (AvgIpc) is 2.84. The summed E-state index contributed by atoms with van der Waals surface area (Å²) in [5.41, 5.74) is 6.60. The number of carboxylic acids is 2. The number of aliphatic carboxylic acids is 2. The first kappa shape index (κ1) is 30.7. The van der Waals surface area contributed by atoms with Gasteiger partial charge < -0.3 is 37.0 Å². The third-order valence-electron chi connectivity index (χ3n) is 5.65. The maximum absolute atomic E-state index is 13.1. The highest BCUT2D eigenvalue weighted by atomic mass is 32.1. The molecule has 3 amide bonds. The van der Waals surface area contributed by atoms with Gasteiger partial charge in [0, 0.05) is 18.6 Å². The number of phenols is 1. The van der Waals surface area contributed by atoms with E-state index in [1.165, 1.54) is 12.1 Å². The first-order valence-electron chi connectivity index (χ1n) is 11.4. The fourth-order valence-electron chi connectivity index (χ4n) is 3.12. The van der Waals surface area contributed by atoms with Crippen molar-refractivity contribution in [1.29, 1.82) is 0 Å². The quantitative estimate of drug-likeness (QED) is 0.140. The Kier molecular flexibility index (Phi) is 12.7. The lowest BCUT2D eigenvalue weighted by Gasteiger charge is -2.25. The molecule has 1 aromatic rings. The minimum absolute atomic E-state index is 0.0162. The maximum atomic E-state index is 13.1. The number of amides is 3. The first-order valence-corrected chi connectivity index (χ1v) is 12.0. The van der Waals surface area contributed by atoms with Gasteiger partial charge in [0.05, 0.1) is 6.04 Å². The molecule has 0 radical (unpaired) electrons. The third kappa shape index (κ3) is 10.1. The summed E-state index contributed by atoms with van der Waals surface area (Å²) in [6.07, 6.45) is -0.177. The summed E-state index contributed by atoms with van der Waals surface area (Å²) in [7, 11) is 0. The SMILES string of the molecule is CCC(C)C(N)C(=O)NC(Cc1ccc(O)cc1)C(=O)NC(CS)C(=O)NC(CCC(=O)O)C(=O)O. The van der Waals surface area contributed by atoms with Gasteiger partial charge in [-0.2, -0.15) is 12.6 Å². The molecule has 0 aromatic heterocycles. The number of carboxylic acid groups (broad SMARTS) is 2. The minimum atomic E-state index is -1.48. The van der Waals surface area contributed by atoms with Crippen LogP contribution in [-0.4, -0.2) is 74.9 Å². The van der Waals surface area contributed by atoms with Gasteiger partial charge in [-0.25, -0.2) is 4.79 Å². The predicted molar refractivity (Wildman–Crippen MR) is 133 cm³/mol. The lowest BCUT2D eigenvalue weighted by atomic mass is 9.98. The van der Waals surface area contributed by atoms with Crippen molar-refractivity contribution < 1.29 is 39.3 Å². The van der Waals surface area contributed by atoms with Crippen molar-refractivity contribution >= 4 is 42.3 Å². The van der Waals surface area contributed by atoms with E-state index in [1.54, 1.807) is 19.1 Å². The number of hydrogen-bond donors (Lipinski definition) is 8. The molecular weight excluding hydrogens is 492 g/mol. The van der Waals surface area contributed by atoms with Gasteiger partial charge in [-0.3, -0.25) is 19.2 Å². The molecule has 0 aliphatic rings. The number of nitrogens with one attached hydrogen (secondary N) is 3. The summed E-state index contributed by atoms with van der Waals surface area (Å²) in [6.45, 7) is 3.67. The van der Waals surface area contributed by atoms with Crippen LogP contribution in [0.5, 0.6) is 5.75 Å². The molecule has 0 saturated heterocycles. The highest BCUT2D eigenvalue weighted by Crippen LogP contribution is 2.13. The van der Waals surface area contributed by atoms with Crippen LogP contribution >= 0.6 is 12.6 Å². The van der Waals surface area contributed by atoms with E-state index in [0.717, 1.165) is 0 Å². The zero-order chi connectivity index (χ0) is 27.4. The summed E-state index contributed by atoms with van der Waals surface area (Å²) < 4.78 is 0. The van der Waals surface area contributed by atoms with Crippen LogP contribution < -0.4 is 21.7 Å². The largest absolute Gasteiger partial charge is 0.508 e. The van der Waals surface area contributed by atoms with Gasteiger partial charge in [0.2, 0.25) is 17.7 Å². The Morgan fingerprint density at radius 3 is 1.94 bits per heavy atom. The molecule has 1 aromatic carbocycles. The molecule has 0 saturated carbocycles. The van der Waals surface area contributed by atoms with Gasteiger partial charge in [-0.1, -0.05) is 32.4 Å². The van der Waals surface area contributed by atoms with E-state index in [1.807, 2.05) is 6.92 Å². The van der Waals surface area contributed by atoms with Gasteiger partial charge >= 0.3 is 11.9 Å². The Hall–Kier alpha value is -3.32. The average molecular weight is 527 g/mol. The number of benzene rings is 1. The van der Waals surface area contributed by atoms with Crippen molar-refractivity contribution in [3.63, 3.8) is 0 Å². The van der Waals surface area contributed by atoms with E-state index in [4.69, 9.17) is 10.8 Å². The minimum Gasteiger partial charge on any atom is -0.508 e. The van der Waals surface area contributed by atoms with E-state index in [0.29, 0.717) is 12.0 Å². The van der Waals surface area contributed by atoms with Crippen molar-refractivity contribution in [2.24, 2.45) is 11.7 Å². The van der Waals surface area contributed by atoms with E-state index in [2.05, 4.69) is 28.6 Å². The molecule has 0 aliphatic carbocycles. The van der Waals surface area contributed by atoms with Crippen LogP contribution in [0, 0.1) is 5.92 Å². The van der Waals surface area contributed by atoms with Gasteiger partial charge in [0.15, 0.2) is 0 Å². The zero-order valence-corrected chi connectivity index (χ0v) is 21.0. The van der Waals surface area contributed by atoms with Crippen LogP contribution in [0.25, 0.3) is 0 Å². The molecule has 5 atom stereocenters. The number of aromatic hydroxyl groups is 1. The van der Waals surface area contributed by atoms with Crippen molar-refractivity contribution in [1.82, 2.24) is 16.0 Å². The summed E-state index contributed by atoms with van der Waals surface area (Å²) in [6, 6.07) is 1.21. The van der Waals surface area contributed by atoms with Crippen molar-refractivity contribution in [2.45, 2.75) is 63.7 Å². The fraction of sp³-hybridized carbons (Fsp3) is 0.522. The van der Waals surface area contributed by atoms with Crippen LogP contribution in [0.4, 0.5) is 0 Å². The summed E-state index contributed by atoms with van der Waals surface area (Å²) in [4.78, 5) is 60.5. The van der Waals surface area contributed by atoms with Gasteiger partial charge in [0.1, 0.15) is 23.9 Å². The molecule has 13 heteroatoms. The standard InChI is InChI=1S/C23H34N4O8S/c1-3-12(2)19(24)22(33)26-16(10-13-4-6-14(28)7-5-13)20(31)27-17(11-36)21(32)25-15(23(34)35)8-9-18(29)30/h4-7,12,15-17,19,28,36H,3,8-11,24H2,1-2H3,(H,25,32)(H,26,33)(H,27,31)(H,29,30)(H,34,35). The van der Waals surface area contributed by atoms with E-state index < -0.39 is 60.2 Å². The molecule has 36 heavy (non-hydrogen) atoms. The summed E-state index contributed by atoms with van der Waals surface area (Å²) in [5, 5.41) is 34.8. The normalized spacial score (nSPS) is 15.0. The van der Waals surface area contributed by atoms with Gasteiger partial charge in [0.25, 0.3) is 0 Å². The molecule has 0 bridgehead atoms. The summed E-state index contributed by atoms with van der Waals surface area (Å²) >= 11 is 4.06. The van der Waals surface area contributed by atoms with Crippen LogP contribution in [0.2, 0.25) is 0 Å². The molecule has 8 N–H and O–H groups in total. The Morgan fingerprint density at radius 2 is 1.44 bits per heavy atom. The number of thiol groups is 1. The molecule has 12 nitrogen and oxygen atoms in total. The van der Waals surface area contributed by atoms with Crippen LogP contribution in [0.1, 0.15) is 38.7 Å². The first-order chi connectivity index (χ1) is 16.9. The second-order valence-corrected chi connectivity index (χ2v) is 8.78. The fourth-order valence-corrected chi connectivity index (χ4v) is 3.38. The Labute approximate surface area is 214 Å². The predicted octanol–water partition coefficient (Wildman–Crippen LogP) is -0.358. The van der Waals surface area contributed by atoms with Crippen molar-refractivity contribution in [2.75, 3.05) is 5.75 Å². The second kappa shape index (κ2) is 14.9. The second-order valence-electron chi connectivity index (χ2n) is 8.42. The number of rotatable bonds is 15. The molecule has 0 fully saturated rings. The lowest BCUT2D eigenvalue weighted by Crippen LogP contribution is -2.58. The third-order valence-corrected chi connectivity index (χ3v) is 6.01. The van der Waals surface area contributed by atoms with E-state index >= 15 is 0 Å². The van der Waals surface area contributed by atoms with Crippen molar-refractivity contribution in [3.05, 3.63) is 29.8 Å². The van der Waals surface area contributed by atoms with Crippen molar-refractivity contribution in [3.8, 4) is 5.75 Å². The molecule has 5 unspecified atom stereocenters. The van der Waals surface area contributed by atoms with Crippen LogP contribution in [0.15, 0.2) is 24.3 Å². The topological polar surface area (TPSA) is 208 Å². The van der Waals surface area contributed by atoms with E-state index in [-0.39, 0.29) is 30.3 Å². The molecule has 1 rings (SSSR count). The molecular formula is C23H34N4O8S.